The maximum Gasteiger partial charge on any atom is 0.416 e. The molecule has 0 N–H and O–H groups in total. The van der Waals surface area contributed by atoms with Crippen molar-refractivity contribution in [3.05, 3.63) is 88.0 Å². The number of rotatable bonds is 3. The van der Waals surface area contributed by atoms with Gasteiger partial charge in [0.1, 0.15) is 27.2 Å². The Bertz CT molecular complexity index is 1260. The smallest absolute Gasteiger partial charge is 0.166 e. The quantitative estimate of drug-likeness (QED) is 0.204. The van der Waals surface area contributed by atoms with Crippen LogP contribution >= 0.6 is 17.9 Å². The fourth-order valence-electron chi connectivity index (χ4n) is 3.77. The van der Waals surface area contributed by atoms with Gasteiger partial charge in [0.05, 0.1) is 22.3 Å². The predicted octanol–water partition coefficient (Wildman–Crippen LogP) is 9.46. The second-order valence-corrected chi connectivity index (χ2v) is 12.7. The summed E-state index contributed by atoms with van der Waals surface area (Å²) in [6.07, 6.45) is -20.7. The molecule has 0 atom stereocenters. The van der Waals surface area contributed by atoms with Crippen molar-refractivity contribution in [2.45, 2.75) is 46.0 Å². The molecule has 0 fully saturated rings. The summed E-state index contributed by atoms with van der Waals surface area (Å²) >= 11 is 6.79. The van der Waals surface area contributed by atoms with E-state index in [0.717, 1.165) is 12.1 Å². The Labute approximate surface area is 220 Å². The van der Waals surface area contributed by atoms with Crippen LogP contribution in [0.25, 0.3) is 0 Å². The van der Waals surface area contributed by atoms with E-state index < -0.39 is 69.5 Å². The minimum atomic E-state index is -5.34. The van der Waals surface area contributed by atoms with Crippen molar-refractivity contribution in [3.8, 4) is 0 Å². The van der Waals surface area contributed by atoms with Gasteiger partial charge in [-0.15, -0.1) is 0 Å². The van der Waals surface area contributed by atoms with Crippen molar-refractivity contribution in [2.75, 3.05) is 0 Å². The molecule has 3 rings (SSSR count). The van der Waals surface area contributed by atoms with E-state index >= 15 is 0 Å². The van der Waals surface area contributed by atoms with Gasteiger partial charge in [0.15, 0.2) is 0 Å². The molecule has 0 aromatic heterocycles. The molecule has 0 aliphatic carbocycles. The van der Waals surface area contributed by atoms with E-state index in [9.17, 15) is 52.7 Å². The third-order valence-electron chi connectivity index (χ3n) is 5.42. The number of benzene rings is 3. The van der Waals surface area contributed by atoms with Gasteiger partial charge in [0.25, 0.3) is 0 Å². The molecule has 14 heteroatoms. The second kappa shape index (κ2) is 10.5. The lowest BCUT2D eigenvalue weighted by molar-refractivity contribution is -0.143. The second-order valence-electron chi connectivity index (χ2n) is 8.46. The van der Waals surface area contributed by atoms with Crippen LogP contribution in [-0.2, 0) is 24.7 Å². The molecule has 3 aromatic carbocycles. The molecule has 3 aromatic rings. The van der Waals surface area contributed by atoms with Crippen molar-refractivity contribution in [2.24, 2.45) is 0 Å². The van der Waals surface area contributed by atoms with E-state index in [4.69, 9.17) is 11.2 Å². The topological polar surface area (TPSA) is 0 Å². The summed E-state index contributed by atoms with van der Waals surface area (Å²) in [6.45, 7) is -2.15. The Kier molecular flexibility index (Phi) is 8.82. The summed E-state index contributed by atoms with van der Waals surface area (Å²) in [5.74, 6) is 0. The minimum Gasteiger partial charge on any atom is -0.166 e. The van der Waals surface area contributed by atoms with Crippen LogP contribution in [0.5, 0.6) is 0 Å². The van der Waals surface area contributed by atoms with Crippen molar-refractivity contribution in [1.29, 1.82) is 0 Å². The molecule has 0 saturated heterocycles. The van der Waals surface area contributed by atoms with Crippen molar-refractivity contribution in [3.63, 3.8) is 0 Å². The zero-order valence-electron chi connectivity index (χ0n) is 19.1. The van der Waals surface area contributed by atoms with Crippen LogP contribution in [0.15, 0.2) is 54.6 Å². The summed E-state index contributed by atoms with van der Waals surface area (Å²) in [5, 5.41) is -2.06. The summed E-state index contributed by atoms with van der Waals surface area (Å²) in [6, 6.07) is 4.42. The van der Waals surface area contributed by atoms with Gasteiger partial charge < -0.3 is 0 Å². The first-order chi connectivity index (χ1) is 17.0. The standard InChI is InChI=1S/C24H15ClF12P.CH4/c1-12-3-14(21(26,27)28)8-18(5-12)38(25,19-6-13(2)4-15(9-19)22(29,30)31)20-10-16(23(32,33)34)7-17(11-20)24(35,36)37;/h3-11H,1-2H3;1H4/q+1;. The summed E-state index contributed by atoms with van der Waals surface area (Å²) < 4.78 is 163. The first-order valence-electron chi connectivity index (χ1n) is 10.3. The van der Waals surface area contributed by atoms with E-state index in [-0.39, 0.29) is 36.8 Å². The lowest BCUT2D eigenvalue weighted by Gasteiger charge is -2.24. The molecule has 0 nitrogen and oxygen atoms in total. The van der Waals surface area contributed by atoms with Crippen LogP contribution in [-0.4, -0.2) is 0 Å². The minimum absolute atomic E-state index is 0. The predicted molar refractivity (Wildman–Crippen MR) is 127 cm³/mol. The molecule has 0 unspecified atom stereocenters. The molecule has 0 spiro atoms. The largest absolute Gasteiger partial charge is 0.416 e. The van der Waals surface area contributed by atoms with Crippen LogP contribution in [0, 0.1) is 13.8 Å². The van der Waals surface area contributed by atoms with Crippen LogP contribution < -0.4 is 15.9 Å². The van der Waals surface area contributed by atoms with Crippen LogP contribution in [0.2, 0.25) is 0 Å². The molecule has 0 radical (unpaired) electrons. The molecule has 0 aliphatic heterocycles. The average molecular weight is 614 g/mol. The molecule has 0 amide bonds. The lowest BCUT2D eigenvalue weighted by atomic mass is 10.1. The maximum atomic E-state index is 13.6. The highest BCUT2D eigenvalue weighted by molar-refractivity contribution is 8.15. The Morgan fingerprint density at radius 3 is 0.923 bits per heavy atom. The molecular formula is C25H19ClF12P+. The highest BCUT2D eigenvalue weighted by Gasteiger charge is 2.50. The molecular weight excluding hydrogens is 595 g/mol. The Hall–Kier alpha value is -2.46. The van der Waals surface area contributed by atoms with Crippen molar-refractivity contribution >= 4 is 33.8 Å². The zero-order chi connectivity index (χ0) is 29.1. The summed E-state index contributed by atoms with van der Waals surface area (Å²) in [4.78, 5) is 0. The maximum absolute atomic E-state index is 13.6. The Morgan fingerprint density at radius 2 is 0.667 bits per heavy atom. The molecule has 0 heterocycles. The number of hydrogen-bond acceptors (Lipinski definition) is 0. The van der Waals surface area contributed by atoms with Gasteiger partial charge in [-0.2, -0.15) is 52.7 Å². The molecule has 0 aliphatic rings. The van der Waals surface area contributed by atoms with Gasteiger partial charge in [-0.05, 0) is 79.6 Å². The van der Waals surface area contributed by atoms with Gasteiger partial charge in [-0.25, -0.2) is 0 Å². The van der Waals surface area contributed by atoms with E-state index in [1.165, 1.54) is 13.8 Å². The van der Waals surface area contributed by atoms with Crippen LogP contribution in [0.4, 0.5) is 52.7 Å². The fourth-order valence-corrected chi connectivity index (χ4v) is 7.58. The normalized spacial score (nSPS) is 13.3. The third-order valence-corrected chi connectivity index (χ3v) is 10.1. The van der Waals surface area contributed by atoms with E-state index in [0.29, 0.717) is 24.3 Å². The SMILES string of the molecule is C.Cc1cc(C(F)(F)F)cc([P+](Cl)(c2cc(C)cc(C(F)(F)F)c2)c2cc(C(F)(F)F)cc(C(F)(F)F)c2)c1. The molecule has 0 saturated carbocycles. The monoisotopic (exact) mass is 613 g/mol. The van der Waals surface area contributed by atoms with Gasteiger partial charge >= 0.3 is 24.7 Å². The highest BCUT2D eigenvalue weighted by atomic mass is 35.7. The number of alkyl halides is 12. The van der Waals surface area contributed by atoms with Crippen molar-refractivity contribution < 1.29 is 52.7 Å². The van der Waals surface area contributed by atoms with Gasteiger partial charge in [-0.3, -0.25) is 0 Å². The summed E-state index contributed by atoms with van der Waals surface area (Å²) in [7, 11) is 0. The zero-order valence-corrected chi connectivity index (χ0v) is 20.7. The van der Waals surface area contributed by atoms with Gasteiger partial charge in [0, 0.05) is 0 Å². The first-order valence-corrected chi connectivity index (χ1v) is 13.0. The highest BCUT2D eigenvalue weighted by Crippen LogP contribution is 2.62. The number of halogens is 13. The van der Waals surface area contributed by atoms with Gasteiger partial charge in [-0.1, -0.05) is 7.43 Å². The lowest BCUT2D eigenvalue weighted by Crippen LogP contribution is -2.31. The van der Waals surface area contributed by atoms with E-state index in [2.05, 4.69) is 0 Å². The number of aryl methyl sites for hydroxylation is 2. The van der Waals surface area contributed by atoms with E-state index in [1.54, 1.807) is 0 Å². The molecule has 214 valence electrons. The van der Waals surface area contributed by atoms with Gasteiger partial charge in [0.2, 0.25) is 6.62 Å². The third kappa shape index (κ3) is 7.01. The fraction of sp³-hybridized carbons (Fsp3) is 0.280. The molecule has 0 bridgehead atoms. The summed E-state index contributed by atoms with van der Waals surface area (Å²) in [5.41, 5.74) is -6.54. The van der Waals surface area contributed by atoms with Crippen LogP contribution in [0.1, 0.15) is 40.8 Å². The molecule has 39 heavy (non-hydrogen) atoms. The number of hydrogen-bond donors (Lipinski definition) is 0. The van der Waals surface area contributed by atoms with Crippen molar-refractivity contribution in [1.82, 2.24) is 0 Å². The Morgan fingerprint density at radius 1 is 0.436 bits per heavy atom. The average Bonchev–Trinajstić information content (AvgIpc) is 2.75. The Balaban J connectivity index is 0.00000533. The van der Waals surface area contributed by atoms with E-state index in [1.807, 2.05) is 0 Å². The first kappa shape index (κ1) is 32.8. The van der Waals surface area contributed by atoms with Crippen LogP contribution in [0.3, 0.4) is 0 Å².